The van der Waals surface area contributed by atoms with Gasteiger partial charge in [0.1, 0.15) is 5.60 Å². The van der Waals surface area contributed by atoms with Crippen molar-refractivity contribution in [3.05, 3.63) is 11.1 Å². The van der Waals surface area contributed by atoms with Gasteiger partial charge in [-0.05, 0) is 41.0 Å². The first-order valence-corrected chi connectivity index (χ1v) is 6.34. The summed E-state index contributed by atoms with van der Waals surface area (Å²) in [7, 11) is 0. The van der Waals surface area contributed by atoms with Crippen LogP contribution in [-0.2, 0) is 9.53 Å². The van der Waals surface area contributed by atoms with Crippen molar-refractivity contribution in [1.82, 2.24) is 4.90 Å². The predicted octanol–water partition coefficient (Wildman–Crippen LogP) is 2.92. The van der Waals surface area contributed by atoms with Crippen LogP contribution in [0.15, 0.2) is 11.1 Å². The molecule has 0 spiro atoms. The number of amides is 1. The van der Waals surface area contributed by atoms with Crippen molar-refractivity contribution < 1.29 is 14.3 Å². The fourth-order valence-electron chi connectivity index (χ4n) is 1.79. The van der Waals surface area contributed by atoms with Crippen molar-refractivity contribution in [1.29, 1.82) is 0 Å². The van der Waals surface area contributed by atoms with Crippen molar-refractivity contribution in [2.45, 2.75) is 53.1 Å². The first-order chi connectivity index (χ1) is 8.19. The standard InChI is InChI=1S/C14H23NO3/c1-10-6-7-15(9-12(16)8-11(10)2)13(17)18-14(3,4)5/h6-9H2,1-5H3/b11-10-. The van der Waals surface area contributed by atoms with Crippen LogP contribution in [0.1, 0.15) is 47.5 Å². The fourth-order valence-corrected chi connectivity index (χ4v) is 1.79. The molecule has 0 radical (unpaired) electrons. The van der Waals surface area contributed by atoms with Crippen LogP contribution in [0.5, 0.6) is 0 Å². The molecule has 1 aliphatic rings. The molecule has 0 unspecified atom stereocenters. The molecule has 0 aromatic rings. The van der Waals surface area contributed by atoms with E-state index in [2.05, 4.69) is 0 Å². The SMILES string of the molecule is C/C1=C(\C)CC(=O)CN(C(=O)OC(C)(C)C)CC1. The Morgan fingerprint density at radius 1 is 1.22 bits per heavy atom. The normalized spacial score (nSPS) is 22.5. The lowest BCUT2D eigenvalue weighted by atomic mass is 10.0. The molecule has 0 aliphatic carbocycles. The molecule has 0 aromatic heterocycles. The van der Waals surface area contributed by atoms with Gasteiger partial charge in [-0.25, -0.2) is 4.79 Å². The smallest absolute Gasteiger partial charge is 0.410 e. The maximum Gasteiger partial charge on any atom is 0.410 e. The molecule has 1 aliphatic heterocycles. The van der Waals surface area contributed by atoms with Crippen molar-refractivity contribution in [3.63, 3.8) is 0 Å². The molecular formula is C14H23NO3. The van der Waals surface area contributed by atoms with Gasteiger partial charge in [0.15, 0.2) is 5.78 Å². The number of carbonyl (C=O) groups excluding carboxylic acids is 2. The number of rotatable bonds is 0. The third-order valence-electron chi connectivity index (χ3n) is 2.97. The Kier molecular flexibility index (Phi) is 4.54. The molecule has 1 rings (SSSR count). The van der Waals surface area contributed by atoms with E-state index in [0.717, 1.165) is 12.0 Å². The Balaban J connectivity index is 2.74. The summed E-state index contributed by atoms with van der Waals surface area (Å²) >= 11 is 0. The molecular weight excluding hydrogens is 230 g/mol. The van der Waals surface area contributed by atoms with Gasteiger partial charge in [0.2, 0.25) is 0 Å². The second kappa shape index (κ2) is 5.55. The lowest BCUT2D eigenvalue weighted by Crippen LogP contribution is -2.41. The topological polar surface area (TPSA) is 46.6 Å². The van der Waals surface area contributed by atoms with Gasteiger partial charge in [0.05, 0.1) is 6.54 Å². The maximum atomic E-state index is 11.9. The van der Waals surface area contributed by atoms with Crippen LogP contribution in [0.2, 0.25) is 0 Å². The summed E-state index contributed by atoms with van der Waals surface area (Å²) in [5.74, 6) is 0.0670. The van der Waals surface area contributed by atoms with E-state index in [0.29, 0.717) is 13.0 Å². The zero-order valence-corrected chi connectivity index (χ0v) is 12.0. The fraction of sp³-hybridized carbons (Fsp3) is 0.714. The average molecular weight is 253 g/mol. The van der Waals surface area contributed by atoms with Gasteiger partial charge >= 0.3 is 6.09 Å². The highest BCUT2D eigenvalue weighted by Gasteiger charge is 2.25. The number of hydrogen-bond donors (Lipinski definition) is 0. The van der Waals surface area contributed by atoms with Crippen LogP contribution >= 0.6 is 0 Å². The average Bonchev–Trinajstić information content (AvgIpc) is 2.19. The van der Waals surface area contributed by atoms with Gasteiger partial charge < -0.3 is 9.64 Å². The van der Waals surface area contributed by atoms with Crippen molar-refractivity contribution in [2.75, 3.05) is 13.1 Å². The first kappa shape index (κ1) is 14.7. The van der Waals surface area contributed by atoms with E-state index >= 15 is 0 Å². The van der Waals surface area contributed by atoms with Gasteiger partial charge in [-0.15, -0.1) is 0 Å². The highest BCUT2D eigenvalue weighted by atomic mass is 16.6. The quantitative estimate of drug-likeness (QED) is 0.624. The Morgan fingerprint density at radius 2 is 1.83 bits per heavy atom. The lowest BCUT2D eigenvalue weighted by Gasteiger charge is -2.28. The first-order valence-electron chi connectivity index (χ1n) is 6.34. The van der Waals surface area contributed by atoms with E-state index in [1.165, 1.54) is 10.5 Å². The van der Waals surface area contributed by atoms with Crippen molar-refractivity contribution in [2.24, 2.45) is 0 Å². The van der Waals surface area contributed by atoms with E-state index in [1.54, 1.807) is 0 Å². The minimum absolute atomic E-state index is 0.0670. The number of allylic oxidation sites excluding steroid dienone is 1. The molecule has 4 nitrogen and oxygen atoms in total. The van der Waals surface area contributed by atoms with Crippen LogP contribution in [-0.4, -0.2) is 35.5 Å². The molecule has 1 heterocycles. The Labute approximate surface area is 109 Å². The Bertz CT molecular complexity index is 377. The van der Waals surface area contributed by atoms with Gasteiger partial charge in [-0.1, -0.05) is 11.1 Å². The number of ketones is 1. The molecule has 18 heavy (non-hydrogen) atoms. The Morgan fingerprint density at radius 3 is 2.39 bits per heavy atom. The zero-order chi connectivity index (χ0) is 13.9. The van der Waals surface area contributed by atoms with E-state index in [-0.39, 0.29) is 12.3 Å². The highest BCUT2D eigenvalue weighted by Crippen LogP contribution is 2.18. The van der Waals surface area contributed by atoms with Crippen LogP contribution in [0, 0.1) is 0 Å². The molecule has 0 aromatic carbocycles. The zero-order valence-electron chi connectivity index (χ0n) is 12.0. The van der Waals surface area contributed by atoms with Crippen LogP contribution in [0.3, 0.4) is 0 Å². The summed E-state index contributed by atoms with van der Waals surface area (Å²) in [6.45, 7) is 10.2. The lowest BCUT2D eigenvalue weighted by molar-refractivity contribution is -0.119. The number of hydrogen-bond acceptors (Lipinski definition) is 3. The molecule has 0 fully saturated rings. The summed E-state index contributed by atoms with van der Waals surface area (Å²) in [5.41, 5.74) is 1.80. The van der Waals surface area contributed by atoms with Crippen molar-refractivity contribution in [3.8, 4) is 0 Å². The van der Waals surface area contributed by atoms with Gasteiger partial charge in [-0.3, -0.25) is 4.79 Å². The van der Waals surface area contributed by atoms with Crippen molar-refractivity contribution >= 4 is 11.9 Å². The van der Waals surface area contributed by atoms with E-state index in [1.807, 2.05) is 34.6 Å². The second-order valence-corrected chi connectivity index (χ2v) is 5.93. The number of Topliss-reactive ketones (excluding diaryl/α,β-unsaturated/α-hetero) is 1. The summed E-state index contributed by atoms with van der Waals surface area (Å²) < 4.78 is 5.30. The molecule has 0 N–H and O–H groups in total. The van der Waals surface area contributed by atoms with E-state index in [9.17, 15) is 9.59 Å². The number of nitrogens with zero attached hydrogens (tertiary/aromatic N) is 1. The largest absolute Gasteiger partial charge is 0.444 e. The van der Waals surface area contributed by atoms with E-state index < -0.39 is 11.7 Å². The molecule has 4 heteroatoms. The number of ether oxygens (including phenoxy) is 1. The van der Waals surface area contributed by atoms with Crippen LogP contribution < -0.4 is 0 Å². The molecule has 1 amide bonds. The molecule has 0 atom stereocenters. The maximum absolute atomic E-state index is 11.9. The minimum atomic E-state index is -0.525. The molecule has 0 saturated heterocycles. The molecule has 0 bridgehead atoms. The summed E-state index contributed by atoms with van der Waals surface area (Å²) in [6.07, 6.45) is 0.840. The number of carbonyl (C=O) groups is 2. The minimum Gasteiger partial charge on any atom is -0.444 e. The van der Waals surface area contributed by atoms with Crippen LogP contribution in [0.4, 0.5) is 4.79 Å². The third kappa shape index (κ3) is 4.51. The van der Waals surface area contributed by atoms with Crippen LogP contribution in [0.25, 0.3) is 0 Å². The van der Waals surface area contributed by atoms with Gasteiger partial charge in [0, 0.05) is 13.0 Å². The van der Waals surface area contributed by atoms with Gasteiger partial charge in [0.25, 0.3) is 0 Å². The monoisotopic (exact) mass is 253 g/mol. The predicted molar refractivity (Wildman–Crippen MR) is 70.4 cm³/mol. The summed E-state index contributed by atoms with van der Waals surface area (Å²) in [4.78, 5) is 25.2. The van der Waals surface area contributed by atoms with Gasteiger partial charge in [-0.2, -0.15) is 0 Å². The summed E-state index contributed by atoms with van der Waals surface area (Å²) in [6, 6.07) is 0. The Hall–Kier alpha value is -1.32. The highest BCUT2D eigenvalue weighted by molar-refractivity contribution is 5.86. The molecule has 102 valence electrons. The van der Waals surface area contributed by atoms with E-state index in [4.69, 9.17) is 4.74 Å². The second-order valence-electron chi connectivity index (χ2n) is 5.93. The summed E-state index contributed by atoms with van der Waals surface area (Å²) in [5, 5.41) is 0. The third-order valence-corrected chi connectivity index (χ3v) is 2.97. The molecule has 0 saturated carbocycles.